The van der Waals surface area contributed by atoms with E-state index >= 15 is 0 Å². The van der Waals surface area contributed by atoms with E-state index < -0.39 is 5.41 Å². The van der Waals surface area contributed by atoms with Gasteiger partial charge in [0.05, 0.1) is 6.54 Å². The molecule has 0 fully saturated rings. The number of ketones is 1. The van der Waals surface area contributed by atoms with Crippen LogP contribution in [-0.2, 0) is 21.5 Å². The van der Waals surface area contributed by atoms with E-state index in [1.165, 1.54) is 12.2 Å². The fourth-order valence-corrected chi connectivity index (χ4v) is 3.29. The molecule has 0 saturated carbocycles. The number of para-hydroxylation sites is 1. The van der Waals surface area contributed by atoms with Crippen molar-refractivity contribution in [2.24, 2.45) is 0 Å². The molecule has 2 aromatic rings. The number of benzene rings is 2. The van der Waals surface area contributed by atoms with Gasteiger partial charge in [0.25, 0.3) is 0 Å². The number of carbonyl (C=O) groups is 2. The van der Waals surface area contributed by atoms with Gasteiger partial charge >= 0.3 is 0 Å². The predicted octanol–water partition coefficient (Wildman–Crippen LogP) is 3.17. The first-order valence-electron chi connectivity index (χ1n) is 7.58. The number of hydrogen-bond acceptors (Lipinski definition) is 2. The molecule has 0 aromatic heterocycles. The summed E-state index contributed by atoms with van der Waals surface area (Å²) in [5.74, 6) is -0.0926. The van der Waals surface area contributed by atoms with Crippen molar-refractivity contribution in [1.82, 2.24) is 0 Å². The molecule has 1 spiro atoms. The molecule has 112 valence electrons. The highest BCUT2D eigenvalue weighted by Gasteiger charge is 2.48. The Morgan fingerprint density at radius 3 is 2.22 bits per heavy atom. The maximum absolute atomic E-state index is 13.2. The smallest absolute Gasteiger partial charge is 0.245 e. The second-order valence-electron chi connectivity index (χ2n) is 5.83. The third-order valence-electron chi connectivity index (χ3n) is 4.44. The molecule has 0 atom stereocenters. The summed E-state index contributed by atoms with van der Waals surface area (Å²) < 4.78 is 0. The van der Waals surface area contributed by atoms with Crippen LogP contribution in [0.25, 0.3) is 0 Å². The van der Waals surface area contributed by atoms with Gasteiger partial charge in [-0.15, -0.1) is 0 Å². The van der Waals surface area contributed by atoms with E-state index in [2.05, 4.69) is 0 Å². The minimum Gasteiger partial charge on any atom is -0.306 e. The molecular formula is C20H15NO2. The number of amides is 1. The van der Waals surface area contributed by atoms with Crippen LogP contribution in [0.2, 0.25) is 0 Å². The van der Waals surface area contributed by atoms with Crippen molar-refractivity contribution in [2.75, 3.05) is 4.90 Å². The van der Waals surface area contributed by atoms with Gasteiger partial charge in [-0.25, -0.2) is 0 Å². The van der Waals surface area contributed by atoms with Gasteiger partial charge in [0.2, 0.25) is 5.91 Å². The molecule has 2 aliphatic rings. The standard InChI is InChI=1S/C20H15NO2/c22-16-10-12-20(13-11-16)17-8-4-5-9-18(17)21(19(20)23)14-15-6-2-1-3-7-15/h1-13H,14H2. The zero-order valence-electron chi connectivity index (χ0n) is 12.5. The lowest BCUT2D eigenvalue weighted by atomic mass is 9.78. The van der Waals surface area contributed by atoms with E-state index in [0.29, 0.717) is 6.54 Å². The number of nitrogens with zero attached hydrogens (tertiary/aromatic N) is 1. The molecule has 1 aliphatic carbocycles. The Kier molecular flexibility index (Phi) is 3.01. The summed E-state index contributed by atoms with van der Waals surface area (Å²) in [6.45, 7) is 0.522. The summed E-state index contributed by atoms with van der Waals surface area (Å²) in [5, 5.41) is 0. The van der Waals surface area contributed by atoms with E-state index in [9.17, 15) is 9.59 Å². The topological polar surface area (TPSA) is 37.4 Å². The van der Waals surface area contributed by atoms with Crippen LogP contribution in [0.3, 0.4) is 0 Å². The first-order chi connectivity index (χ1) is 11.2. The monoisotopic (exact) mass is 301 g/mol. The molecule has 0 bridgehead atoms. The van der Waals surface area contributed by atoms with Crippen molar-refractivity contribution in [1.29, 1.82) is 0 Å². The van der Waals surface area contributed by atoms with E-state index in [-0.39, 0.29) is 11.7 Å². The average molecular weight is 301 g/mol. The minimum atomic E-state index is -0.848. The third kappa shape index (κ3) is 2.05. The molecular weight excluding hydrogens is 286 g/mol. The summed E-state index contributed by atoms with van der Waals surface area (Å²) in [5.41, 5.74) is 2.07. The predicted molar refractivity (Wildman–Crippen MR) is 89.0 cm³/mol. The average Bonchev–Trinajstić information content (AvgIpc) is 2.82. The van der Waals surface area contributed by atoms with Crippen LogP contribution in [-0.4, -0.2) is 11.7 Å². The molecule has 3 nitrogen and oxygen atoms in total. The molecule has 0 radical (unpaired) electrons. The Bertz CT molecular complexity index is 833. The van der Waals surface area contributed by atoms with E-state index in [0.717, 1.165) is 16.8 Å². The Hall–Kier alpha value is -2.94. The first kappa shape index (κ1) is 13.7. The van der Waals surface area contributed by atoms with E-state index in [1.54, 1.807) is 17.1 Å². The molecule has 0 unspecified atom stereocenters. The number of anilines is 1. The van der Waals surface area contributed by atoms with Gasteiger partial charge in [-0.05, 0) is 29.3 Å². The van der Waals surface area contributed by atoms with Crippen molar-refractivity contribution in [3.05, 3.63) is 90.0 Å². The normalized spacial score (nSPS) is 17.8. The lowest BCUT2D eigenvalue weighted by Crippen LogP contribution is -2.38. The largest absolute Gasteiger partial charge is 0.306 e. The molecule has 23 heavy (non-hydrogen) atoms. The quantitative estimate of drug-likeness (QED) is 0.854. The van der Waals surface area contributed by atoms with Crippen LogP contribution in [0, 0.1) is 0 Å². The third-order valence-corrected chi connectivity index (χ3v) is 4.44. The van der Waals surface area contributed by atoms with Crippen LogP contribution in [0.5, 0.6) is 0 Å². The highest BCUT2D eigenvalue weighted by Crippen LogP contribution is 2.45. The van der Waals surface area contributed by atoms with Crippen molar-refractivity contribution in [2.45, 2.75) is 12.0 Å². The fourth-order valence-electron chi connectivity index (χ4n) is 3.29. The second kappa shape index (κ2) is 5.06. The number of carbonyl (C=O) groups excluding carboxylic acids is 2. The van der Waals surface area contributed by atoms with Crippen LogP contribution >= 0.6 is 0 Å². The second-order valence-corrected chi connectivity index (χ2v) is 5.83. The maximum Gasteiger partial charge on any atom is 0.245 e. The van der Waals surface area contributed by atoms with Gasteiger partial charge in [-0.2, -0.15) is 0 Å². The van der Waals surface area contributed by atoms with Crippen LogP contribution in [0.15, 0.2) is 78.9 Å². The summed E-state index contributed by atoms with van der Waals surface area (Å²) in [6, 6.07) is 17.7. The highest BCUT2D eigenvalue weighted by molar-refractivity contribution is 6.14. The number of rotatable bonds is 2. The molecule has 1 heterocycles. The summed E-state index contributed by atoms with van der Waals surface area (Å²) in [4.78, 5) is 26.5. The summed E-state index contributed by atoms with van der Waals surface area (Å²) >= 11 is 0. The number of fused-ring (bicyclic) bond motifs is 2. The van der Waals surface area contributed by atoms with Gasteiger partial charge in [-0.1, -0.05) is 60.7 Å². The fraction of sp³-hybridized carbons (Fsp3) is 0.100. The Labute approximate surface area is 134 Å². The van der Waals surface area contributed by atoms with Gasteiger partial charge in [0, 0.05) is 5.69 Å². The van der Waals surface area contributed by atoms with E-state index in [1.807, 2.05) is 54.6 Å². The van der Waals surface area contributed by atoms with Crippen LogP contribution in [0.1, 0.15) is 11.1 Å². The lowest BCUT2D eigenvalue weighted by molar-refractivity contribution is -0.120. The van der Waals surface area contributed by atoms with Crippen molar-refractivity contribution in [3.8, 4) is 0 Å². The Morgan fingerprint density at radius 1 is 0.826 bits per heavy atom. The minimum absolute atomic E-state index is 0.0115. The molecule has 4 rings (SSSR count). The molecule has 1 amide bonds. The van der Waals surface area contributed by atoms with Crippen molar-refractivity contribution >= 4 is 17.4 Å². The summed E-state index contributed by atoms with van der Waals surface area (Å²) in [6.07, 6.45) is 6.42. The maximum atomic E-state index is 13.2. The first-order valence-corrected chi connectivity index (χ1v) is 7.58. The SMILES string of the molecule is O=C1C=CC2(C=C1)C(=O)N(Cc1ccccc1)c1ccccc12. The van der Waals surface area contributed by atoms with Crippen LogP contribution < -0.4 is 4.90 Å². The molecule has 0 saturated heterocycles. The molecule has 2 aromatic carbocycles. The number of hydrogen-bond donors (Lipinski definition) is 0. The van der Waals surface area contributed by atoms with Gasteiger partial charge < -0.3 is 4.90 Å². The molecule has 0 N–H and O–H groups in total. The van der Waals surface area contributed by atoms with Gasteiger partial charge in [0.1, 0.15) is 5.41 Å². The summed E-state index contributed by atoms with van der Waals surface area (Å²) in [7, 11) is 0. The lowest BCUT2D eigenvalue weighted by Gasteiger charge is -2.24. The van der Waals surface area contributed by atoms with Gasteiger partial charge in [0.15, 0.2) is 5.78 Å². The van der Waals surface area contributed by atoms with Crippen molar-refractivity contribution in [3.63, 3.8) is 0 Å². The van der Waals surface area contributed by atoms with Crippen molar-refractivity contribution < 1.29 is 9.59 Å². The Balaban J connectivity index is 1.81. The van der Waals surface area contributed by atoms with Crippen LogP contribution in [0.4, 0.5) is 5.69 Å². The van der Waals surface area contributed by atoms with Gasteiger partial charge in [-0.3, -0.25) is 9.59 Å². The molecule has 3 heteroatoms. The van der Waals surface area contributed by atoms with E-state index in [4.69, 9.17) is 0 Å². The zero-order chi connectivity index (χ0) is 15.9. The highest BCUT2D eigenvalue weighted by atomic mass is 16.2. The number of allylic oxidation sites excluding steroid dienone is 2. The zero-order valence-corrected chi connectivity index (χ0v) is 12.5. The Morgan fingerprint density at radius 2 is 1.48 bits per heavy atom. The molecule has 1 aliphatic heterocycles.